The summed E-state index contributed by atoms with van der Waals surface area (Å²) >= 11 is 1.54. The lowest BCUT2D eigenvalue weighted by molar-refractivity contribution is 0.0633. The molecule has 0 aromatic carbocycles. The molecule has 1 amide bonds. The number of hydrogen-bond acceptors (Lipinski definition) is 4. The summed E-state index contributed by atoms with van der Waals surface area (Å²) in [6.07, 6.45) is 1.84. The summed E-state index contributed by atoms with van der Waals surface area (Å²) in [5.41, 5.74) is 1.83. The van der Waals surface area contributed by atoms with Crippen LogP contribution in [-0.2, 0) is 17.9 Å². The maximum absolute atomic E-state index is 12.5. The Labute approximate surface area is 121 Å². The van der Waals surface area contributed by atoms with Gasteiger partial charge in [0.2, 0.25) is 0 Å². The SMILES string of the molecule is COCc1cnc2n1CCN(C(=O)c1ccsc1)[C@H]2C. The fourth-order valence-corrected chi connectivity index (χ4v) is 3.28. The van der Waals surface area contributed by atoms with Crippen LogP contribution in [0.4, 0.5) is 0 Å². The van der Waals surface area contributed by atoms with Crippen LogP contribution in [0.3, 0.4) is 0 Å². The zero-order valence-corrected chi connectivity index (χ0v) is 12.4. The number of nitrogens with zero attached hydrogens (tertiary/aromatic N) is 3. The van der Waals surface area contributed by atoms with Gasteiger partial charge in [0, 0.05) is 25.6 Å². The van der Waals surface area contributed by atoms with Crippen molar-refractivity contribution in [1.29, 1.82) is 0 Å². The standard InChI is InChI=1S/C14H17N3O2S/c1-10-13-15-7-12(8-19-2)17(13)5-4-16(10)14(18)11-3-6-20-9-11/h3,6-7,9-10H,4-5,8H2,1-2H3/t10-/m0/s1. The van der Waals surface area contributed by atoms with Gasteiger partial charge < -0.3 is 14.2 Å². The van der Waals surface area contributed by atoms with E-state index < -0.39 is 0 Å². The largest absolute Gasteiger partial charge is 0.378 e. The molecule has 106 valence electrons. The number of amides is 1. The van der Waals surface area contributed by atoms with Gasteiger partial charge in [-0.15, -0.1) is 0 Å². The first-order valence-electron chi connectivity index (χ1n) is 6.58. The van der Waals surface area contributed by atoms with E-state index in [9.17, 15) is 4.79 Å². The van der Waals surface area contributed by atoms with E-state index in [2.05, 4.69) is 9.55 Å². The number of imidazole rings is 1. The molecule has 0 unspecified atom stereocenters. The molecule has 0 radical (unpaired) electrons. The molecule has 0 saturated carbocycles. The molecule has 0 fully saturated rings. The number of ether oxygens (including phenoxy) is 1. The zero-order valence-electron chi connectivity index (χ0n) is 11.6. The highest BCUT2D eigenvalue weighted by atomic mass is 32.1. The summed E-state index contributed by atoms with van der Waals surface area (Å²) in [6.45, 7) is 4.06. The second-order valence-electron chi connectivity index (χ2n) is 4.88. The van der Waals surface area contributed by atoms with E-state index in [4.69, 9.17) is 4.74 Å². The summed E-state index contributed by atoms with van der Waals surface area (Å²) in [6, 6.07) is 1.86. The fraction of sp³-hybridized carbons (Fsp3) is 0.429. The Morgan fingerprint density at radius 2 is 2.40 bits per heavy atom. The highest BCUT2D eigenvalue weighted by molar-refractivity contribution is 7.08. The van der Waals surface area contributed by atoms with Crippen LogP contribution < -0.4 is 0 Å². The lowest BCUT2D eigenvalue weighted by Crippen LogP contribution is -2.41. The number of methoxy groups -OCH3 is 1. The van der Waals surface area contributed by atoms with Crippen LogP contribution in [-0.4, -0.2) is 34.0 Å². The van der Waals surface area contributed by atoms with Gasteiger partial charge in [-0.25, -0.2) is 4.98 Å². The van der Waals surface area contributed by atoms with Crippen molar-refractivity contribution < 1.29 is 9.53 Å². The summed E-state index contributed by atoms with van der Waals surface area (Å²) in [7, 11) is 1.68. The molecule has 2 aromatic heterocycles. The van der Waals surface area contributed by atoms with Gasteiger partial charge in [0.1, 0.15) is 5.82 Å². The van der Waals surface area contributed by atoms with Crippen molar-refractivity contribution in [2.75, 3.05) is 13.7 Å². The monoisotopic (exact) mass is 291 g/mol. The maximum atomic E-state index is 12.5. The van der Waals surface area contributed by atoms with Gasteiger partial charge in [0.05, 0.1) is 30.1 Å². The van der Waals surface area contributed by atoms with Crippen LogP contribution >= 0.6 is 11.3 Å². The molecule has 3 heterocycles. The Bertz CT molecular complexity index is 606. The lowest BCUT2D eigenvalue weighted by atomic mass is 10.1. The second-order valence-corrected chi connectivity index (χ2v) is 5.66. The minimum absolute atomic E-state index is 0.0123. The van der Waals surface area contributed by atoms with Crippen LogP contribution in [0.1, 0.15) is 34.8 Å². The first-order valence-corrected chi connectivity index (χ1v) is 7.53. The fourth-order valence-electron chi connectivity index (χ4n) is 2.65. The Morgan fingerprint density at radius 1 is 1.55 bits per heavy atom. The van der Waals surface area contributed by atoms with E-state index in [1.54, 1.807) is 18.4 Å². The number of rotatable bonds is 3. The number of carbonyl (C=O) groups excluding carboxylic acids is 1. The molecule has 3 rings (SSSR count). The van der Waals surface area contributed by atoms with E-state index in [1.807, 2.05) is 34.8 Å². The van der Waals surface area contributed by atoms with Gasteiger partial charge in [0.15, 0.2) is 0 Å². The van der Waals surface area contributed by atoms with Crippen molar-refractivity contribution in [1.82, 2.24) is 14.5 Å². The van der Waals surface area contributed by atoms with E-state index in [1.165, 1.54) is 0 Å². The normalized spacial score (nSPS) is 18.1. The first-order chi connectivity index (χ1) is 9.72. The quantitative estimate of drug-likeness (QED) is 0.872. The van der Waals surface area contributed by atoms with Crippen LogP contribution in [0.15, 0.2) is 23.0 Å². The average molecular weight is 291 g/mol. The predicted molar refractivity (Wildman–Crippen MR) is 76.7 cm³/mol. The smallest absolute Gasteiger partial charge is 0.255 e. The van der Waals surface area contributed by atoms with Crippen molar-refractivity contribution >= 4 is 17.2 Å². The number of hydrogen-bond donors (Lipinski definition) is 0. The van der Waals surface area contributed by atoms with Crippen molar-refractivity contribution in [2.45, 2.75) is 26.1 Å². The van der Waals surface area contributed by atoms with Gasteiger partial charge in [-0.05, 0) is 18.4 Å². The van der Waals surface area contributed by atoms with E-state index in [-0.39, 0.29) is 11.9 Å². The number of carbonyl (C=O) groups is 1. The Kier molecular flexibility index (Phi) is 3.58. The minimum Gasteiger partial charge on any atom is -0.378 e. The third-order valence-electron chi connectivity index (χ3n) is 3.70. The molecule has 0 aliphatic carbocycles. The molecule has 0 N–H and O–H groups in total. The Balaban J connectivity index is 1.86. The predicted octanol–water partition coefficient (Wildman–Crippen LogP) is 2.31. The van der Waals surface area contributed by atoms with Gasteiger partial charge >= 0.3 is 0 Å². The third kappa shape index (κ3) is 2.14. The molecule has 1 aliphatic heterocycles. The summed E-state index contributed by atoms with van der Waals surface area (Å²) in [4.78, 5) is 18.8. The summed E-state index contributed by atoms with van der Waals surface area (Å²) in [5, 5.41) is 3.83. The van der Waals surface area contributed by atoms with Crippen LogP contribution in [0.25, 0.3) is 0 Å². The number of thiophene rings is 1. The number of fused-ring (bicyclic) bond motifs is 1. The van der Waals surface area contributed by atoms with Crippen molar-refractivity contribution in [3.63, 3.8) is 0 Å². The summed E-state index contributed by atoms with van der Waals surface area (Å²) in [5.74, 6) is 1.02. The molecule has 0 bridgehead atoms. The van der Waals surface area contributed by atoms with Crippen molar-refractivity contribution in [2.24, 2.45) is 0 Å². The summed E-state index contributed by atoms with van der Waals surface area (Å²) < 4.78 is 7.34. The Hall–Kier alpha value is -1.66. The molecule has 20 heavy (non-hydrogen) atoms. The second kappa shape index (κ2) is 5.38. The molecule has 0 spiro atoms. The van der Waals surface area contributed by atoms with Gasteiger partial charge in [-0.3, -0.25) is 4.79 Å². The van der Waals surface area contributed by atoms with Crippen LogP contribution in [0.2, 0.25) is 0 Å². The molecule has 1 atom stereocenters. The molecule has 5 nitrogen and oxygen atoms in total. The highest BCUT2D eigenvalue weighted by Crippen LogP contribution is 2.27. The first kappa shape index (κ1) is 13.3. The van der Waals surface area contributed by atoms with Crippen LogP contribution in [0, 0.1) is 0 Å². The van der Waals surface area contributed by atoms with E-state index >= 15 is 0 Å². The molecule has 0 saturated heterocycles. The van der Waals surface area contributed by atoms with E-state index in [0.29, 0.717) is 13.2 Å². The third-order valence-corrected chi connectivity index (χ3v) is 4.38. The molecular formula is C14H17N3O2S. The van der Waals surface area contributed by atoms with Crippen molar-refractivity contribution in [3.8, 4) is 0 Å². The van der Waals surface area contributed by atoms with Gasteiger partial charge in [0.25, 0.3) is 5.91 Å². The average Bonchev–Trinajstić information content (AvgIpc) is 3.09. The highest BCUT2D eigenvalue weighted by Gasteiger charge is 2.30. The zero-order chi connectivity index (χ0) is 14.1. The minimum atomic E-state index is -0.0123. The molecular weight excluding hydrogens is 274 g/mol. The van der Waals surface area contributed by atoms with Crippen LogP contribution in [0.5, 0.6) is 0 Å². The number of aromatic nitrogens is 2. The molecule has 6 heteroatoms. The maximum Gasteiger partial charge on any atom is 0.255 e. The van der Waals surface area contributed by atoms with Gasteiger partial charge in [-0.1, -0.05) is 0 Å². The molecule has 2 aromatic rings. The van der Waals surface area contributed by atoms with E-state index in [0.717, 1.165) is 23.6 Å². The van der Waals surface area contributed by atoms with Crippen molar-refractivity contribution in [3.05, 3.63) is 40.1 Å². The molecule has 1 aliphatic rings. The Morgan fingerprint density at radius 3 is 3.10 bits per heavy atom. The lowest BCUT2D eigenvalue weighted by Gasteiger charge is -2.34. The van der Waals surface area contributed by atoms with Gasteiger partial charge in [-0.2, -0.15) is 11.3 Å². The topological polar surface area (TPSA) is 47.4 Å².